The minimum absolute atomic E-state index is 0.0529. The number of rotatable bonds is 9. The van der Waals surface area contributed by atoms with Crippen LogP contribution in [0.5, 0.6) is 11.5 Å². The number of carboxylic acid groups (broad SMARTS) is 1. The predicted molar refractivity (Wildman–Crippen MR) is 118 cm³/mol. The van der Waals surface area contributed by atoms with Gasteiger partial charge in [0.05, 0.1) is 13.3 Å². The number of carboxylic acids is 1. The summed E-state index contributed by atoms with van der Waals surface area (Å²) in [5.74, 6) is -0.368. The van der Waals surface area contributed by atoms with Crippen molar-refractivity contribution in [3.63, 3.8) is 0 Å². The minimum atomic E-state index is -1.06. The smallest absolute Gasteiger partial charge is 0.328 e. The summed E-state index contributed by atoms with van der Waals surface area (Å²) in [4.78, 5) is 11.0. The number of hydrogen-bond donors (Lipinski definition) is 1. The number of para-hydroxylation sites is 1. The Morgan fingerprint density at radius 1 is 1.22 bits per heavy atom. The molecule has 3 rings (SSSR count). The Bertz CT molecular complexity index is 1160. The van der Waals surface area contributed by atoms with Crippen LogP contribution >= 0.6 is 0 Å². The summed E-state index contributed by atoms with van der Waals surface area (Å²) < 4.78 is 27.0. The van der Waals surface area contributed by atoms with Crippen LogP contribution < -0.4 is 9.47 Å². The molecule has 0 radical (unpaired) electrons. The van der Waals surface area contributed by atoms with Gasteiger partial charge in [-0.25, -0.2) is 13.9 Å². The number of methoxy groups -OCH3 is 1. The van der Waals surface area contributed by atoms with Crippen LogP contribution in [0.2, 0.25) is 0 Å². The quantitative estimate of drug-likeness (QED) is 0.389. The van der Waals surface area contributed by atoms with Crippen molar-refractivity contribution in [2.45, 2.75) is 26.9 Å². The van der Waals surface area contributed by atoms with Crippen molar-refractivity contribution in [1.29, 1.82) is 0 Å². The van der Waals surface area contributed by atoms with Gasteiger partial charge in [0.1, 0.15) is 35.3 Å². The van der Waals surface area contributed by atoms with E-state index in [1.54, 1.807) is 43.6 Å². The molecule has 0 unspecified atom stereocenters. The fourth-order valence-electron chi connectivity index (χ4n) is 3.05. The molecule has 166 valence electrons. The van der Waals surface area contributed by atoms with Crippen molar-refractivity contribution in [1.82, 2.24) is 15.0 Å². The standard InChI is InChI=1S/C24H24FN3O4/c1-16(2)8-11-19-22(31-3)12-9-17(10-13-23(29)30)24(19)32-15-18-14-28(27-26-18)21-7-5-4-6-20(21)25/h4-10,12-14H,11,15H2,1-3H3,(H,29,30)/b13-10-. The molecule has 1 aromatic heterocycles. The van der Waals surface area contributed by atoms with Crippen LogP contribution in [-0.4, -0.2) is 33.2 Å². The lowest BCUT2D eigenvalue weighted by Gasteiger charge is -2.16. The molecule has 3 aromatic rings. The lowest BCUT2D eigenvalue weighted by molar-refractivity contribution is -0.131. The molecule has 7 nitrogen and oxygen atoms in total. The fourth-order valence-corrected chi connectivity index (χ4v) is 3.05. The zero-order valence-corrected chi connectivity index (χ0v) is 18.1. The van der Waals surface area contributed by atoms with E-state index < -0.39 is 11.8 Å². The monoisotopic (exact) mass is 437 g/mol. The van der Waals surface area contributed by atoms with Crippen molar-refractivity contribution >= 4 is 12.0 Å². The summed E-state index contributed by atoms with van der Waals surface area (Å²) in [6.07, 6.45) is 6.68. The van der Waals surface area contributed by atoms with Crippen molar-refractivity contribution in [2.24, 2.45) is 0 Å². The van der Waals surface area contributed by atoms with Crippen molar-refractivity contribution in [3.8, 4) is 17.2 Å². The number of halogens is 1. The summed E-state index contributed by atoms with van der Waals surface area (Å²) in [7, 11) is 1.57. The van der Waals surface area contributed by atoms with E-state index in [-0.39, 0.29) is 12.3 Å². The summed E-state index contributed by atoms with van der Waals surface area (Å²) in [6, 6.07) is 9.77. The largest absolute Gasteiger partial charge is 0.496 e. The lowest BCUT2D eigenvalue weighted by Crippen LogP contribution is -2.03. The molecule has 0 saturated carbocycles. The van der Waals surface area contributed by atoms with Gasteiger partial charge >= 0.3 is 5.97 Å². The maximum absolute atomic E-state index is 14.0. The average molecular weight is 437 g/mol. The third-order valence-electron chi connectivity index (χ3n) is 4.59. The van der Waals surface area contributed by atoms with Gasteiger partial charge in [0.15, 0.2) is 0 Å². The summed E-state index contributed by atoms with van der Waals surface area (Å²) in [5.41, 5.74) is 3.26. The van der Waals surface area contributed by atoms with E-state index in [0.717, 1.165) is 17.2 Å². The first-order chi connectivity index (χ1) is 15.4. The van der Waals surface area contributed by atoms with Gasteiger partial charge in [-0.15, -0.1) is 5.10 Å². The SMILES string of the molecule is COc1ccc(/C=C\C(=O)O)c(OCc2cn(-c3ccccc3F)nn2)c1CC=C(C)C. The Morgan fingerprint density at radius 2 is 2.00 bits per heavy atom. The van der Waals surface area contributed by atoms with Gasteiger partial charge in [0.25, 0.3) is 0 Å². The molecule has 2 aromatic carbocycles. The van der Waals surface area contributed by atoms with Crippen LogP contribution in [-0.2, 0) is 17.8 Å². The van der Waals surface area contributed by atoms with Gasteiger partial charge in [-0.3, -0.25) is 0 Å². The number of aliphatic carboxylic acids is 1. The molecular formula is C24H24FN3O4. The Morgan fingerprint density at radius 3 is 2.69 bits per heavy atom. The van der Waals surface area contributed by atoms with Crippen LogP contribution in [0.15, 0.2) is 60.3 Å². The van der Waals surface area contributed by atoms with Crippen LogP contribution in [0, 0.1) is 5.82 Å². The number of nitrogens with zero attached hydrogens (tertiary/aromatic N) is 3. The van der Waals surface area contributed by atoms with Crippen LogP contribution in [0.3, 0.4) is 0 Å². The van der Waals surface area contributed by atoms with Gasteiger partial charge in [-0.2, -0.15) is 0 Å². The molecule has 8 heteroatoms. The summed E-state index contributed by atoms with van der Waals surface area (Å²) in [6.45, 7) is 4.03. The Hall–Kier alpha value is -3.94. The van der Waals surface area contributed by atoms with Crippen LogP contribution in [0.1, 0.15) is 30.7 Å². The van der Waals surface area contributed by atoms with Crippen LogP contribution in [0.25, 0.3) is 11.8 Å². The predicted octanol–water partition coefficient (Wildman–Crippen LogP) is 4.60. The highest BCUT2D eigenvalue weighted by atomic mass is 19.1. The number of allylic oxidation sites excluding steroid dienone is 2. The zero-order valence-electron chi connectivity index (χ0n) is 18.1. The number of aromatic nitrogens is 3. The average Bonchev–Trinajstić information content (AvgIpc) is 3.23. The fraction of sp³-hybridized carbons (Fsp3) is 0.208. The van der Waals surface area contributed by atoms with E-state index in [1.807, 2.05) is 19.9 Å². The Balaban J connectivity index is 1.94. The summed E-state index contributed by atoms with van der Waals surface area (Å²) in [5, 5.41) is 17.1. The molecule has 32 heavy (non-hydrogen) atoms. The maximum atomic E-state index is 14.0. The molecule has 0 aliphatic carbocycles. The number of carbonyl (C=O) groups is 1. The first-order valence-electron chi connectivity index (χ1n) is 9.92. The third kappa shape index (κ3) is 5.60. The Kier molecular flexibility index (Phi) is 7.38. The first-order valence-corrected chi connectivity index (χ1v) is 9.92. The molecule has 0 aliphatic rings. The normalized spacial score (nSPS) is 10.9. The van der Waals surface area contributed by atoms with E-state index in [2.05, 4.69) is 10.3 Å². The molecule has 0 bridgehead atoms. The summed E-state index contributed by atoms with van der Waals surface area (Å²) >= 11 is 0. The second-order valence-electron chi connectivity index (χ2n) is 7.22. The Labute approximate surface area is 185 Å². The molecule has 0 atom stereocenters. The van der Waals surface area contributed by atoms with E-state index in [4.69, 9.17) is 14.6 Å². The van der Waals surface area contributed by atoms with Crippen molar-refractivity contribution in [2.75, 3.05) is 7.11 Å². The second kappa shape index (κ2) is 10.4. The lowest BCUT2D eigenvalue weighted by atomic mass is 10.0. The minimum Gasteiger partial charge on any atom is -0.496 e. The number of benzene rings is 2. The van der Waals surface area contributed by atoms with Gasteiger partial charge < -0.3 is 14.6 Å². The number of ether oxygens (including phenoxy) is 2. The maximum Gasteiger partial charge on any atom is 0.328 e. The van der Waals surface area contributed by atoms with Gasteiger partial charge in [-0.1, -0.05) is 29.0 Å². The first kappa shape index (κ1) is 22.7. The highest BCUT2D eigenvalue weighted by Gasteiger charge is 2.16. The molecule has 1 N–H and O–H groups in total. The molecule has 0 aliphatic heterocycles. The highest BCUT2D eigenvalue weighted by Crippen LogP contribution is 2.35. The van der Waals surface area contributed by atoms with Gasteiger partial charge in [0, 0.05) is 17.2 Å². The molecule has 0 spiro atoms. The van der Waals surface area contributed by atoms with E-state index in [9.17, 15) is 9.18 Å². The molecule has 0 fully saturated rings. The van der Waals surface area contributed by atoms with E-state index >= 15 is 0 Å². The number of hydrogen-bond acceptors (Lipinski definition) is 5. The molecule has 1 heterocycles. The third-order valence-corrected chi connectivity index (χ3v) is 4.59. The topological polar surface area (TPSA) is 86.5 Å². The van der Waals surface area contributed by atoms with E-state index in [1.165, 1.54) is 16.8 Å². The highest BCUT2D eigenvalue weighted by molar-refractivity contribution is 5.86. The molecule has 0 saturated heterocycles. The zero-order chi connectivity index (χ0) is 23.1. The van der Waals surface area contributed by atoms with Gasteiger partial charge in [0.2, 0.25) is 0 Å². The second-order valence-corrected chi connectivity index (χ2v) is 7.22. The van der Waals surface area contributed by atoms with Crippen LogP contribution in [0.4, 0.5) is 4.39 Å². The van der Waals surface area contributed by atoms with Crippen molar-refractivity contribution in [3.05, 3.63) is 83.0 Å². The van der Waals surface area contributed by atoms with Gasteiger partial charge in [-0.05, 0) is 50.6 Å². The molecule has 0 amide bonds. The van der Waals surface area contributed by atoms with Crippen molar-refractivity contribution < 1.29 is 23.8 Å². The van der Waals surface area contributed by atoms with E-state index in [0.29, 0.717) is 29.2 Å². The molecular weight excluding hydrogens is 413 g/mol.